The Balaban J connectivity index is 2.06. The molecule has 0 heterocycles. The second-order valence-corrected chi connectivity index (χ2v) is 6.73. The molecule has 2 rings (SSSR count). The third kappa shape index (κ3) is 5.55. The summed E-state index contributed by atoms with van der Waals surface area (Å²) in [5, 5.41) is 0. The second kappa shape index (κ2) is 8.08. The van der Waals surface area contributed by atoms with E-state index in [1.54, 1.807) is 6.08 Å². The smallest absolute Gasteiger partial charge is 0.134 e. The summed E-state index contributed by atoms with van der Waals surface area (Å²) in [6, 6.07) is 13.1. The Hall–Kier alpha value is -0.680. The minimum absolute atomic E-state index is 0.181. The highest BCUT2D eigenvalue weighted by Crippen LogP contribution is 2.32. The number of benzene rings is 2. The molecule has 0 saturated carbocycles. The molecule has 0 spiro atoms. The van der Waals surface area contributed by atoms with Gasteiger partial charge in [0, 0.05) is 4.47 Å². The minimum atomic E-state index is 0.181. The molecule has 0 N–H and O–H groups in total. The van der Waals surface area contributed by atoms with Crippen molar-refractivity contribution in [3.05, 3.63) is 62.0 Å². The lowest BCUT2D eigenvalue weighted by Crippen LogP contribution is -1.94. The average Bonchev–Trinajstić information content (AvgIpc) is 2.41. The molecular formula is C15H10Br2Cl2O2. The maximum Gasteiger partial charge on any atom is 0.134 e. The fourth-order valence-corrected chi connectivity index (χ4v) is 2.50. The van der Waals surface area contributed by atoms with Crippen LogP contribution in [0.4, 0.5) is 0 Å². The van der Waals surface area contributed by atoms with Crippen LogP contribution in [0.2, 0.25) is 0 Å². The molecule has 2 aromatic carbocycles. The van der Waals surface area contributed by atoms with Crippen LogP contribution in [0.5, 0.6) is 17.2 Å². The van der Waals surface area contributed by atoms with E-state index in [2.05, 4.69) is 31.9 Å². The van der Waals surface area contributed by atoms with E-state index in [4.69, 9.17) is 32.7 Å². The zero-order chi connectivity index (χ0) is 15.2. The van der Waals surface area contributed by atoms with Gasteiger partial charge in [0.25, 0.3) is 0 Å². The van der Waals surface area contributed by atoms with Gasteiger partial charge in [0.15, 0.2) is 0 Å². The third-order valence-corrected chi connectivity index (χ3v) is 3.83. The molecule has 6 heteroatoms. The predicted octanol–water partition coefficient (Wildman–Crippen LogP) is 6.70. The van der Waals surface area contributed by atoms with Gasteiger partial charge in [0.2, 0.25) is 0 Å². The molecule has 0 aliphatic heterocycles. The summed E-state index contributed by atoms with van der Waals surface area (Å²) in [5.74, 6) is 2.14. The average molecular weight is 453 g/mol. The van der Waals surface area contributed by atoms with E-state index in [0.29, 0.717) is 18.1 Å². The van der Waals surface area contributed by atoms with Gasteiger partial charge in [-0.15, -0.1) is 0 Å². The van der Waals surface area contributed by atoms with E-state index in [-0.39, 0.29) is 4.49 Å². The van der Waals surface area contributed by atoms with E-state index in [1.165, 1.54) is 0 Å². The number of hydrogen-bond donors (Lipinski definition) is 0. The summed E-state index contributed by atoms with van der Waals surface area (Å²) in [5.41, 5.74) is 0. The molecule has 0 unspecified atom stereocenters. The highest BCUT2D eigenvalue weighted by atomic mass is 79.9. The lowest BCUT2D eigenvalue weighted by Gasteiger charge is -2.10. The van der Waals surface area contributed by atoms with Crippen molar-refractivity contribution in [1.82, 2.24) is 0 Å². The van der Waals surface area contributed by atoms with Gasteiger partial charge >= 0.3 is 0 Å². The highest BCUT2D eigenvalue weighted by Gasteiger charge is 2.04. The summed E-state index contributed by atoms with van der Waals surface area (Å²) in [7, 11) is 0. The maximum absolute atomic E-state index is 5.77. The van der Waals surface area contributed by atoms with Crippen molar-refractivity contribution in [1.29, 1.82) is 0 Å². The van der Waals surface area contributed by atoms with Gasteiger partial charge in [-0.1, -0.05) is 45.2 Å². The zero-order valence-electron chi connectivity index (χ0n) is 10.7. The third-order valence-electron chi connectivity index (χ3n) is 2.41. The Morgan fingerprint density at radius 2 is 1.81 bits per heavy atom. The second-order valence-electron chi connectivity index (χ2n) is 3.96. The van der Waals surface area contributed by atoms with Crippen LogP contribution in [-0.4, -0.2) is 6.61 Å². The van der Waals surface area contributed by atoms with Crippen LogP contribution in [0.3, 0.4) is 0 Å². The molecule has 0 atom stereocenters. The van der Waals surface area contributed by atoms with Crippen molar-refractivity contribution < 1.29 is 9.47 Å². The summed E-state index contributed by atoms with van der Waals surface area (Å²) in [4.78, 5) is 0. The summed E-state index contributed by atoms with van der Waals surface area (Å²) < 4.78 is 13.2. The number of hydrogen-bond acceptors (Lipinski definition) is 2. The SMILES string of the molecule is ClC(Cl)=CCOc1ccc(Oc2cccc(Br)c2)cc1Br. The summed E-state index contributed by atoms with van der Waals surface area (Å²) in [6.07, 6.45) is 1.57. The van der Waals surface area contributed by atoms with Crippen molar-refractivity contribution >= 4 is 55.1 Å². The molecular weight excluding hydrogens is 443 g/mol. The number of ether oxygens (including phenoxy) is 2. The Kier molecular flexibility index (Phi) is 6.42. The molecule has 21 heavy (non-hydrogen) atoms. The van der Waals surface area contributed by atoms with Crippen LogP contribution >= 0.6 is 55.1 Å². The van der Waals surface area contributed by atoms with Crippen LogP contribution in [-0.2, 0) is 0 Å². The van der Waals surface area contributed by atoms with Crippen LogP contribution in [0.15, 0.2) is 62.0 Å². The molecule has 0 radical (unpaired) electrons. The first kappa shape index (κ1) is 16.7. The van der Waals surface area contributed by atoms with E-state index in [0.717, 1.165) is 14.7 Å². The van der Waals surface area contributed by atoms with E-state index in [1.807, 2.05) is 42.5 Å². The normalized spacial score (nSPS) is 10.1. The molecule has 110 valence electrons. The van der Waals surface area contributed by atoms with Crippen LogP contribution < -0.4 is 9.47 Å². The first-order valence-corrected chi connectivity index (χ1v) is 8.26. The van der Waals surface area contributed by atoms with Gasteiger partial charge in [0.05, 0.1) is 4.47 Å². The lowest BCUT2D eigenvalue weighted by molar-refractivity contribution is 0.359. The summed E-state index contributed by atoms with van der Waals surface area (Å²) in [6.45, 7) is 0.298. The Morgan fingerprint density at radius 1 is 1.05 bits per heavy atom. The fourth-order valence-electron chi connectivity index (χ4n) is 1.52. The van der Waals surface area contributed by atoms with Crippen LogP contribution in [0.1, 0.15) is 0 Å². The van der Waals surface area contributed by atoms with Crippen molar-refractivity contribution in [2.75, 3.05) is 6.61 Å². The lowest BCUT2D eigenvalue weighted by atomic mass is 10.3. The molecule has 0 aliphatic carbocycles. The first-order chi connectivity index (χ1) is 10.0. The Bertz CT molecular complexity index is 656. The van der Waals surface area contributed by atoms with Gasteiger partial charge in [-0.05, 0) is 58.4 Å². The van der Waals surface area contributed by atoms with E-state index in [9.17, 15) is 0 Å². The fraction of sp³-hybridized carbons (Fsp3) is 0.0667. The maximum atomic E-state index is 5.77. The molecule has 2 nitrogen and oxygen atoms in total. The highest BCUT2D eigenvalue weighted by molar-refractivity contribution is 9.10. The summed E-state index contributed by atoms with van der Waals surface area (Å²) >= 11 is 17.9. The van der Waals surface area contributed by atoms with Gasteiger partial charge in [-0.3, -0.25) is 0 Å². The first-order valence-electron chi connectivity index (χ1n) is 5.91. The molecule has 2 aromatic rings. The van der Waals surface area contributed by atoms with Crippen molar-refractivity contribution in [3.63, 3.8) is 0 Å². The molecule has 0 aliphatic rings. The standard InChI is InChI=1S/C15H10Br2Cl2O2/c16-10-2-1-3-11(8-10)21-12-4-5-14(13(17)9-12)20-7-6-15(18)19/h1-6,8-9H,7H2. The number of halogens is 4. The van der Waals surface area contributed by atoms with Crippen molar-refractivity contribution in [2.24, 2.45) is 0 Å². The monoisotopic (exact) mass is 450 g/mol. The van der Waals surface area contributed by atoms with Gasteiger partial charge in [-0.2, -0.15) is 0 Å². The molecule has 0 aromatic heterocycles. The largest absolute Gasteiger partial charge is 0.488 e. The predicted molar refractivity (Wildman–Crippen MR) is 93.6 cm³/mol. The molecule has 0 fully saturated rings. The Labute approximate surface area is 149 Å². The quantitative estimate of drug-likeness (QED) is 0.502. The van der Waals surface area contributed by atoms with Crippen LogP contribution in [0.25, 0.3) is 0 Å². The zero-order valence-corrected chi connectivity index (χ0v) is 15.3. The number of rotatable bonds is 5. The molecule has 0 saturated heterocycles. The van der Waals surface area contributed by atoms with Gasteiger partial charge in [0.1, 0.15) is 28.3 Å². The van der Waals surface area contributed by atoms with Crippen molar-refractivity contribution in [2.45, 2.75) is 0 Å². The Morgan fingerprint density at radius 3 is 2.48 bits per heavy atom. The molecule has 0 amide bonds. The van der Waals surface area contributed by atoms with E-state index < -0.39 is 0 Å². The van der Waals surface area contributed by atoms with Crippen LogP contribution in [0, 0.1) is 0 Å². The van der Waals surface area contributed by atoms with Gasteiger partial charge in [-0.25, -0.2) is 0 Å². The topological polar surface area (TPSA) is 18.5 Å². The van der Waals surface area contributed by atoms with Gasteiger partial charge < -0.3 is 9.47 Å². The minimum Gasteiger partial charge on any atom is -0.488 e. The van der Waals surface area contributed by atoms with E-state index >= 15 is 0 Å². The molecule has 0 bridgehead atoms. The van der Waals surface area contributed by atoms with Crippen molar-refractivity contribution in [3.8, 4) is 17.2 Å².